The molecule has 0 spiro atoms. The van der Waals surface area contributed by atoms with Gasteiger partial charge in [0.05, 0.1) is 5.69 Å². The van der Waals surface area contributed by atoms with Crippen molar-refractivity contribution < 1.29 is 19.4 Å². The molecule has 2 heterocycles. The number of amides is 1. The summed E-state index contributed by atoms with van der Waals surface area (Å²) in [4.78, 5) is 30.8. The van der Waals surface area contributed by atoms with Crippen molar-refractivity contribution in [1.29, 1.82) is 0 Å². The number of benzene rings is 1. The number of carbonyl (C=O) groups excluding carboxylic acids is 1. The number of aryl methyl sites for hydroxylation is 1. The van der Waals surface area contributed by atoms with Crippen molar-refractivity contribution in [3.8, 4) is 10.6 Å². The van der Waals surface area contributed by atoms with E-state index in [1.54, 1.807) is 6.92 Å². The number of aliphatic carboxylic acids is 1. The van der Waals surface area contributed by atoms with E-state index in [9.17, 15) is 14.7 Å². The van der Waals surface area contributed by atoms with Crippen LogP contribution in [-0.2, 0) is 9.53 Å². The molecule has 3 rings (SSSR count). The first-order valence-corrected chi connectivity index (χ1v) is 9.01. The molecule has 0 aliphatic carbocycles. The van der Waals surface area contributed by atoms with E-state index in [0.717, 1.165) is 10.6 Å². The molecule has 0 bridgehead atoms. The highest BCUT2D eigenvalue weighted by molar-refractivity contribution is 7.17. The highest BCUT2D eigenvalue weighted by Crippen LogP contribution is 2.29. The number of ether oxygens (including phenoxy) is 1. The third-order valence-electron chi connectivity index (χ3n) is 4.21. The summed E-state index contributed by atoms with van der Waals surface area (Å²) in [6, 6.07) is 9.55. The smallest absolute Gasteiger partial charge is 0.323 e. The minimum absolute atomic E-state index is 0.112. The molecule has 0 atom stereocenters. The van der Waals surface area contributed by atoms with Gasteiger partial charge in [0.2, 0.25) is 0 Å². The summed E-state index contributed by atoms with van der Waals surface area (Å²) in [5.74, 6) is -1.27. The SMILES string of the molecule is Cc1nc(-c2ccccc2)sc1C(=O)N(CC(=O)O)C1CCOCC1. The number of aromatic nitrogens is 1. The Hall–Kier alpha value is -2.25. The monoisotopic (exact) mass is 360 g/mol. The van der Waals surface area contributed by atoms with Crippen LogP contribution in [0.2, 0.25) is 0 Å². The van der Waals surface area contributed by atoms with Gasteiger partial charge >= 0.3 is 5.97 Å². The maximum absolute atomic E-state index is 13.0. The number of nitrogens with zero attached hydrogens (tertiary/aromatic N) is 2. The number of thiazole rings is 1. The van der Waals surface area contributed by atoms with Gasteiger partial charge in [-0.3, -0.25) is 9.59 Å². The molecular weight excluding hydrogens is 340 g/mol. The Kier molecular flexibility index (Phi) is 5.45. The van der Waals surface area contributed by atoms with Crippen LogP contribution in [0.3, 0.4) is 0 Å². The first-order chi connectivity index (χ1) is 12.1. The second kappa shape index (κ2) is 7.76. The van der Waals surface area contributed by atoms with E-state index in [0.29, 0.717) is 36.6 Å². The number of carboxylic acids is 1. The number of rotatable bonds is 5. The van der Waals surface area contributed by atoms with Crippen LogP contribution in [0.25, 0.3) is 10.6 Å². The highest BCUT2D eigenvalue weighted by atomic mass is 32.1. The quantitative estimate of drug-likeness (QED) is 0.887. The van der Waals surface area contributed by atoms with Crippen LogP contribution in [0.15, 0.2) is 30.3 Å². The molecule has 1 saturated heterocycles. The fraction of sp³-hybridized carbons (Fsp3) is 0.389. The van der Waals surface area contributed by atoms with Crippen LogP contribution < -0.4 is 0 Å². The van der Waals surface area contributed by atoms with Crippen molar-refractivity contribution in [2.75, 3.05) is 19.8 Å². The number of carbonyl (C=O) groups is 2. The standard InChI is InChI=1S/C18H20N2O4S/c1-12-16(25-17(19-12)13-5-3-2-4-6-13)18(23)20(11-15(21)22)14-7-9-24-10-8-14/h2-6,14H,7-11H2,1H3,(H,21,22). The fourth-order valence-electron chi connectivity index (χ4n) is 2.94. The van der Waals surface area contributed by atoms with Gasteiger partial charge in [-0.1, -0.05) is 30.3 Å². The van der Waals surface area contributed by atoms with E-state index in [1.807, 2.05) is 30.3 Å². The lowest BCUT2D eigenvalue weighted by molar-refractivity contribution is -0.138. The third-order valence-corrected chi connectivity index (χ3v) is 5.40. The molecule has 1 aromatic heterocycles. The van der Waals surface area contributed by atoms with Crippen molar-refractivity contribution in [1.82, 2.24) is 9.88 Å². The third kappa shape index (κ3) is 4.05. The molecule has 1 amide bonds. The maximum atomic E-state index is 13.0. The first kappa shape index (κ1) is 17.6. The van der Waals surface area contributed by atoms with E-state index in [4.69, 9.17) is 4.74 Å². The zero-order chi connectivity index (χ0) is 17.8. The van der Waals surface area contributed by atoms with Crippen molar-refractivity contribution in [3.63, 3.8) is 0 Å². The summed E-state index contributed by atoms with van der Waals surface area (Å²) in [7, 11) is 0. The van der Waals surface area contributed by atoms with Gasteiger partial charge in [-0.15, -0.1) is 11.3 Å². The van der Waals surface area contributed by atoms with Crippen molar-refractivity contribution in [2.24, 2.45) is 0 Å². The van der Waals surface area contributed by atoms with Crippen molar-refractivity contribution in [3.05, 3.63) is 40.9 Å². The molecular formula is C18H20N2O4S. The second-order valence-electron chi connectivity index (χ2n) is 5.97. The molecule has 6 nitrogen and oxygen atoms in total. The molecule has 1 N–H and O–H groups in total. The first-order valence-electron chi connectivity index (χ1n) is 8.19. The summed E-state index contributed by atoms with van der Waals surface area (Å²) in [6.07, 6.45) is 1.31. The van der Waals surface area contributed by atoms with Gasteiger partial charge in [0.1, 0.15) is 16.4 Å². The van der Waals surface area contributed by atoms with E-state index < -0.39 is 5.97 Å². The fourth-order valence-corrected chi connectivity index (χ4v) is 3.97. The van der Waals surface area contributed by atoms with Crippen LogP contribution in [0.5, 0.6) is 0 Å². The number of hydrogen-bond acceptors (Lipinski definition) is 5. The summed E-state index contributed by atoms with van der Waals surface area (Å²) in [5, 5.41) is 9.99. The topological polar surface area (TPSA) is 79.7 Å². The minimum atomic E-state index is -1.01. The van der Waals surface area contributed by atoms with E-state index in [1.165, 1.54) is 16.2 Å². The van der Waals surface area contributed by atoms with Gasteiger partial charge in [-0.05, 0) is 19.8 Å². The summed E-state index contributed by atoms with van der Waals surface area (Å²) in [5.41, 5.74) is 1.59. The molecule has 0 unspecified atom stereocenters. The predicted molar refractivity (Wildman–Crippen MR) is 94.8 cm³/mol. The minimum Gasteiger partial charge on any atom is -0.480 e. The molecule has 132 valence electrons. The Morgan fingerprint density at radius 2 is 1.96 bits per heavy atom. The molecule has 1 aliphatic heterocycles. The van der Waals surface area contributed by atoms with Crippen LogP contribution in [-0.4, -0.2) is 52.7 Å². The van der Waals surface area contributed by atoms with Crippen molar-refractivity contribution in [2.45, 2.75) is 25.8 Å². The van der Waals surface area contributed by atoms with Gasteiger partial charge in [0.15, 0.2) is 0 Å². The molecule has 7 heteroatoms. The van der Waals surface area contributed by atoms with Crippen LogP contribution >= 0.6 is 11.3 Å². The Labute approximate surface area is 150 Å². The Bertz CT molecular complexity index is 754. The zero-order valence-electron chi connectivity index (χ0n) is 14.0. The Balaban J connectivity index is 1.88. The van der Waals surface area contributed by atoms with Gasteiger partial charge in [-0.2, -0.15) is 0 Å². The Morgan fingerprint density at radius 1 is 1.28 bits per heavy atom. The molecule has 0 radical (unpaired) electrons. The van der Waals surface area contributed by atoms with Gasteiger partial charge in [-0.25, -0.2) is 4.98 Å². The summed E-state index contributed by atoms with van der Waals surface area (Å²) < 4.78 is 5.33. The zero-order valence-corrected chi connectivity index (χ0v) is 14.8. The van der Waals surface area contributed by atoms with Crippen LogP contribution in [0.1, 0.15) is 28.2 Å². The maximum Gasteiger partial charge on any atom is 0.323 e. The highest BCUT2D eigenvalue weighted by Gasteiger charge is 2.30. The lowest BCUT2D eigenvalue weighted by Crippen LogP contribution is -2.46. The second-order valence-corrected chi connectivity index (χ2v) is 6.97. The Morgan fingerprint density at radius 3 is 2.60 bits per heavy atom. The van der Waals surface area contributed by atoms with Gasteiger partial charge in [0, 0.05) is 24.8 Å². The van der Waals surface area contributed by atoms with Gasteiger partial charge < -0.3 is 14.7 Å². The average molecular weight is 360 g/mol. The van der Waals surface area contributed by atoms with Crippen LogP contribution in [0, 0.1) is 6.92 Å². The normalized spacial score (nSPS) is 15.1. The van der Waals surface area contributed by atoms with E-state index >= 15 is 0 Å². The number of hydrogen-bond donors (Lipinski definition) is 1. The van der Waals surface area contributed by atoms with Gasteiger partial charge in [0.25, 0.3) is 5.91 Å². The van der Waals surface area contributed by atoms with Crippen LogP contribution in [0.4, 0.5) is 0 Å². The van der Waals surface area contributed by atoms with E-state index in [2.05, 4.69) is 4.98 Å². The van der Waals surface area contributed by atoms with Crippen molar-refractivity contribution >= 4 is 23.2 Å². The molecule has 1 fully saturated rings. The summed E-state index contributed by atoms with van der Waals surface area (Å²) >= 11 is 1.31. The lowest BCUT2D eigenvalue weighted by atomic mass is 10.1. The van der Waals surface area contributed by atoms with E-state index in [-0.39, 0.29) is 18.5 Å². The molecule has 1 aliphatic rings. The molecule has 2 aromatic rings. The lowest BCUT2D eigenvalue weighted by Gasteiger charge is -2.33. The summed E-state index contributed by atoms with van der Waals surface area (Å²) in [6.45, 7) is 2.58. The predicted octanol–water partition coefficient (Wildman–Crippen LogP) is 2.82. The molecule has 0 saturated carbocycles. The molecule has 25 heavy (non-hydrogen) atoms. The molecule has 1 aromatic carbocycles. The largest absolute Gasteiger partial charge is 0.480 e. The number of carboxylic acid groups (broad SMARTS) is 1. The average Bonchev–Trinajstić information content (AvgIpc) is 3.02.